The van der Waals surface area contributed by atoms with Gasteiger partial charge in [-0.25, -0.2) is 0 Å². The standard InChI is InChI=1S/C21H29N5O2/c1-24-20(4-10-23-24)21(27)25-11-5-18(6-12-25)26(19-7-13-28-14-8-19)16-17-3-2-9-22-15-17/h2-4,9-10,15,18-19H,5-8,11-14,16H2,1H3. The summed E-state index contributed by atoms with van der Waals surface area (Å²) in [6.07, 6.45) is 9.63. The van der Waals surface area contributed by atoms with Crippen LogP contribution < -0.4 is 0 Å². The third kappa shape index (κ3) is 4.25. The summed E-state index contributed by atoms with van der Waals surface area (Å²) in [5.41, 5.74) is 1.91. The summed E-state index contributed by atoms with van der Waals surface area (Å²) in [5, 5.41) is 4.13. The van der Waals surface area contributed by atoms with E-state index in [-0.39, 0.29) is 5.91 Å². The second kappa shape index (κ2) is 8.84. The first-order chi connectivity index (χ1) is 13.7. The SMILES string of the molecule is Cn1nccc1C(=O)N1CCC(N(Cc2cccnc2)C2CCOCC2)CC1. The summed E-state index contributed by atoms with van der Waals surface area (Å²) in [7, 11) is 1.82. The number of hydrogen-bond acceptors (Lipinski definition) is 5. The Morgan fingerprint density at radius 3 is 2.54 bits per heavy atom. The number of rotatable bonds is 5. The molecule has 0 N–H and O–H groups in total. The number of piperidine rings is 1. The second-order valence-electron chi connectivity index (χ2n) is 7.74. The molecule has 0 atom stereocenters. The molecule has 4 heterocycles. The van der Waals surface area contributed by atoms with Crippen LogP contribution in [0, 0.1) is 0 Å². The quantitative estimate of drug-likeness (QED) is 0.791. The molecule has 2 aromatic rings. The zero-order valence-electron chi connectivity index (χ0n) is 16.5. The zero-order valence-corrected chi connectivity index (χ0v) is 16.5. The molecule has 7 heteroatoms. The van der Waals surface area contributed by atoms with Crippen molar-refractivity contribution in [1.82, 2.24) is 24.6 Å². The van der Waals surface area contributed by atoms with E-state index in [2.05, 4.69) is 21.0 Å². The molecule has 0 spiro atoms. The minimum absolute atomic E-state index is 0.0864. The number of aromatic nitrogens is 3. The Morgan fingerprint density at radius 2 is 1.89 bits per heavy atom. The summed E-state index contributed by atoms with van der Waals surface area (Å²) < 4.78 is 7.25. The highest BCUT2D eigenvalue weighted by Crippen LogP contribution is 2.26. The molecule has 2 aliphatic rings. The fraction of sp³-hybridized carbons (Fsp3) is 0.571. The molecule has 0 saturated carbocycles. The van der Waals surface area contributed by atoms with E-state index >= 15 is 0 Å². The van der Waals surface area contributed by atoms with Crippen molar-refractivity contribution < 1.29 is 9.53 Å². The topological polar surface area (TPSA) is 63.5 Å². The summed E-state index contributed by atoms with van der Waals surface area (Å²) in [4.78, 5) is 21.7. The van der Waals surface area contributed by atoms with Crippen LogP contribution in [0.15, 0.2) is 36.8 Å². The molecule has 0 unspecified atom stereocenters. The van der Waals surface area contributed by atoms with Crippen LogP contribution in [0.3, 0.4) is 0 Å². The average molecular weight is 383 g/mol. The Morgan fingerprint density at radius 1 is 1.14 bits per heavy atom. The van der Waals surface area contributed by atoms with Crippen LogP contribution in [0.1, 0.15) is 41.7 Å². The van der Waals surface area contributed by atoms with Crippen molar-refractivity contribution >= 4 is 5.91 Å². The monoisotopic (exact) mass is 383 g/mol. The number of likely N-dealkylation sites (tertiary alicyclic amines) is 1. The van der Waals surface area contributed by atoms with Crippen LogP contribution >= 0.6 is 0 Å². The normalized spacial score (nSPS) is 19.3. The number of carbonyl (C=O) groups excluding carboxylic acids is 1. The minimum atomic E-state index is 0.0864. The largest absolute Gasteiger partial charge is 0.381 e. The van der Waals surface area contributed by atoms with Crippen molar-refractivity contribution in [3.05, 3.63) is 48.0 Å². The van der Waals surface area contributed by atoms with Crippen LogP contribution in [0.2, 0.25) is 0 Å². The molecular weight excluding hydrogens is 354 g/mol. The summed E-state index contributed by atoms with van der Waals surface area (Å²) in [6, 6.07) is 6.98. The van der Waals surface area contributed by atoms with E-state index in [1.165, 1.54) is 5.56 Å². The molecule has 0 radical (unpaired) electrons. The highest BCUT2D eigenvalue weighted by Gasteiger charge is 2.32. The van der Waals surface area contributed by atoms with Crippen molar-refractivity contribution in [2.45, 2.75) is 44.3 Å². The summed E-state index contributed by atoms with van der Waals surface area (Å²) in [6.45, 7) is 4.18. The van der Waals surface area contributed by atoms with Gasteiger partial charge in [-0.1, -0.05) is 6.07 Å². The molecule has 1 amide bonds. The molecule has 2 fully saturated rings. The van der Waals surface area contributed by atoms with E-state index < -0.39 is 0 Å². The summed E-state index contributed by atoms with van der Waals surface area (Å²) >= 11 is 0. The first-order valence-corrected chi connectivity index (χ1v) is 10.2. The Labute approximate surface area is 166 Å². The Bertz CT molecular complexity index is 764. The number of pyridine rings is 1. The van der Waals surface area contributed by atoms with Crippen molar-refractivity contribution in [3.8, 4) is 0 Å². The fourth-order valence-corrected chi connectivity index (χ4v) is 4.42. The molecule has 0 bridgehead atoms. The van der Waals surface area contributed by atoms with Gasteiger partial charge in [-0.15, -0.1) is 0 Å². The lowest BCUT2D eigenvalue weighted by atomic mass is 9.97. The van der Waals surface area contributed by atoms with Gasteiger partial charge in [0.2, 0.25) is 0 Å². The molecular formula is C21H29N5O2. The lowest BCUT2D eigenvalue weighted by Gasteiger charge is -2.43. The van der Waals surface area contributed by atoms with Crippen molar-refractivity contribution in [3.63, 3.8) is 0 Å². The van der Waals surface area contributed by atoms with Crippen LogP contribution in [-0.2, 0) is 18.3 Å². The molecule has 28 heavy (non-hydrogen) atoms. The van der Waals surface area contributed by atoms with Crippen LogP contribution in [0.25, 0.3) is 0 Å². The highest BCUT2D eigenvalue weighted by atomic mass is 16.5. The Balaban J connectivity index is 1.43. The van der Waals surface area contributed by atoms with Gasteiger partial charge >= 0.3 is 0 Å². The van der Waals surface area contributed by atoms with Crippen molar-refractivity contribution in [1.29, 1.82) is 0 Å². The van der Waals surface area contributed by atoms with Gasteiger partial charge in [-0.3, -0.25) is 19.4 Å². The van der Waals surface area contributed by atoms with Gasteiger partial charge < -0.3 is 9.64 Å². The number of hydrogen-bond donors (Lipinski definition) is 0. The van der Waals surface area contributed by atoms with Gasteiger partial charge in [-0.05, 0) is 43.4 Å². The van der Waals surface area contributed by atoms with E-state index in [1.807, 2.05) is 30.4 Å². The third-order valence-electron chi connectivity index (χ3n) is 6.01. The fourth-order valence-electron chi connectivity index (χ4n) is 4.42. The number of carbonyl (C=O) groups is 1. The maximum Gasteiger partial charge on any atom is 0.272 e. The van der Waals surface area contributed by atoms with Gasteiger partial charge in [0.1, 0.15) is 5.69 Å². The lowest BCUT2D eigenvalue weighted by Crippen LogP contribution is -2.51. The van der Waals surface area contributed by atoms with E-state index in [0.29, 0.717) is 17.8 Å². The maximum absolute atomic E-state index is 12.8. The number of ether oxygens (including phenoxy) is 1. The van der Waals surface area contributed by atoms with Gasteiger partial charge in [-0.2, -0.15) is 5.10 Å². The van der Waals surface area contributed by atoms with Crippen LogP contribution in [0.5, 0.6) is 0 Å². The van der Waals surface area contributed by atoms with Crippen molar-refractivity contribution in [2.24, 2.45) is 7.05 Å². The van der Waals surface area contributed by atoms with Gasteiger partial charge in [0.25, 0.3) is 5.91 Å². The zero-order chi connectivity index (χ0) is 19.3. The van der Waals surface area contributed by atoms with Gasteiger partial charge in [0.15, 0.2) is 0 Å². The van der Waals surface area contributed by atoms with Gasteiger partial charge in [0, 0.05) is 70.6 Å². The van der Waals surface area contributed by atoms with E-state index in [0.717, 1.165) is 58.5 Å². The van der Waals surface area contributed by atoms with Crippen molar-refractivity contribution in [2.75, 3.05) is 26.3 Å². The molecule has 7 nitrogen and oxygen atoms in total. The van der Waals surface area contributed by atoms with E-state index in [4.69, 9.17) is 4.74 Å². The molecule has 2 aromatic heterocycles. The molecule has 4 rings (SSSR count). The van der Waals surface area contributed by atoms with Gasteiger partial charge in [0.05, 0.1) is 0 Å². The summed E-state index contributed by atoms with van der Waals surface area (Å²) in [5.74, 6) is 0.0864. The minimum Gasteiger partial charge on any atom is -0.381 e. The second-order valence-corrected chi connectivity index (χ2v) is 7.74. The predicted molar refractivity (Wildman–Crippen MR) is 106 cm³/mol. The Kier molecular flexibility index (Phi) is 6.02. The third-order valence-corrected chi connectivity index (χ3v) is 6.01. The molecule has 2 saturated heterocycles. The van der Waals surface area contributed by atoms with E-state index in [9.17, 15) is 4.79 Å². The van der Waals surface area contributed by atoms with Crippen LogP contribution in [0.4, 0.5) is 0 Å². The number of amides is 1. The molecule has 150 valence electrons. The molecule has 0 aliphatic carbocycles. The maximum atomic E-state index is 12.8. The van der Waals surface area contributed by atoms with E-state index in [1.54, 1.807) is 16.9 Å². The van der Waals surface area contributed by atoms with Crippen LogP contribution in [-0.4, -0.2) is 68.9 Å². The Hall–Kier alpha value is -2.25. The molecule has 2 aliphatic heterocycles. The first-order valence-electron chi connectivity index (χ1n) is 10.2. The number of nitrogens with zero attached hydrogens (tertiary/aromatic N) is 5. The predicted octanol–water partition coefficient (Wildman–Crippen LogP) is 2.10. The number of aryl methyl sites for hydroxylation is 1. The lowest BCUT2D eigenvalue weighted by molar-refractivity contribution is -0.00162. The average Bonchev–Trinajstić information content (AvgIpc) is 3.19. The molecule has 0 aromatic carbocycles. The smallest absolute Gasteiger partial charge is 0.272 e. The first kappa shape index (κ1) is 19.1. The highest BCUT2D eigenvalue weighted by molar-refractivity contribution is 5.92.